The van der Waals surface area contributed by atoms with Crippen molar-refractivity contribution < 1.29 is 40.2 Å². The summed E-state index contributed by atoms with van der Waals surface area (Å²) in [6.07, 6.45) is -1.53. The molecule has 0 saturated carbocycles. The van der Waals surface area contributed by atoms with Crippen LogP contribution in [-0.4, -0.2) is 78.8 Å². The van der Waals surface area contributed by atoms with Gasteiger partial charge in [0, 0.05) is 6.04 Å². The van der Waals surface area contributed by atoms with Gasteiger partial charge in [0.1, 0.15) is 5.75 Å². The lowest BCUT2D eigenvalue weighted by Gasteiger charge is -2.38. The van der Waals surface area contributed by atoms with Crippen molar-refractivity contribution in [2.24, 2.45) is 5.92 Å². The molecule has 0 aromatic heterocycles. The topological polar surface area (TPSA) is 159 Å². The standard InChI is InChI=1S/C21H27NO2.C4H6O6/c1-16(21(24)19-7-9-20(23)10-8-19)22-13-11-18(12-14-22)15-17-5-3-2-4-6-17;5-1(3(7)8)2(6)4(9)10/h2-10,16,18,21,23-24H,11-15H2,1H3;1-2,5-6H,(H,7,8)(H,9,10)/t;1-,2-/m.1/s1. The monoisotopic (exact) mass is 475 g/mol. The fraction of sp³-hybridized carbons (Fsp3) is 0.440. The van der Waals surface area contributed by atoms with E-state index in [1.165, 1.54) is 18.4 Å². The minimum atomic E-state index is -2.27. The minimum Gasteiger partial charge on any atom is -0.508 e. The summed E-state index contributed by atoms with van der Waals surface area (Å²) in [5.74, 6) is -2.56. The van der Waals surface area contributed by atoms with E-state index in [9.17, 15) is 19.8 Å². The molecule has 0 radical (unpaired) electrons. The van der Waals surface area contributed by atoms with Crippen molar-refractivity contribution in [3.8, 4) is 5.75 Å². The first-order chi connectivity index (χ1) is 16.1. The highest BCUT2D eigenvalue weighted by molar-refractivity contribution is 5.83. The number of aliphatic hydroxyl groups is 3. The van der Waals surface area contributed by atoms with Gasteiger partial charge in [0.15, 0.2) is 12.2 Å². The van der Waals surface area contributed by atoms with Crippen molar-refractivity contribution >= 4 is 11.9 Å². The number of hydrogen-bond donors (Lipinski definition) is 6. The number of aliphatic carboxylic acids is 2. The highest BCUT2D eigenvalue weighted by Gasteiger charge is 2.29. The molecule has 0 aliphatic carbocycles. The van der Waals surface area contributed by atoms with E-state index in [0.29, 0.717) is 0 Å². The van der Waals surface area contributed by atoms with E-state index >= 15 is 0 Å². The number of phenols is 1. The third-order valence-electron chi connectivity index (χ3n) is 6.09. The first-order valence-electron chi connectivity index (χ1n) is 11.2. The van der Waals surface area contributed by atoms with Crippen LogP contribution in [0.4, 0.5) is 0 Å². The lowest BCUT2D eigenvalue weighted by molar-refractivity contribution is -0.165. The Bertz CT molecular complexity index is 879. The van der Waals surface area contributed by atoms with Crippen LogP contribution in [0, 0.1) is 5.92 Å². The molecule has 0 spiro atoms. The summed E-state index contributed by atoms with van der Waals surface area (Å²) in [6, 6.07) is 17.7. The zero-order chi connectivity index (χ0) is 25.3. The van der Waals surface area contributed by atoms with Gasteiger partial charge in [0.2, 0.25) is 0 Å². The number of phenolic OH excluding ortho intramolecular Hbond substituents is 1. The van der Waals surface area contributed by atoms with E-state index in [4.69, 9.17) is 20.4 Å². The molecule has 4 atom stereocenters. The van der Waals surface area contributed by atoms with Crippen LogP contribution in [0.1, 0.15) is 37.0 Å². The fourth-order valence-electron chi connectivity index (χ4n) is 3.93. The third kappa shape index (κ3) is 8.11. The lowest BCUT2D eigenvalue weighted by Crippen LogP contribution is -2.43. The second-order valence-corrected chi connectivity index (χ2v) is 8.51. The van der Waals surface area contributed by atoms with Gasteiger partial charge in [-0.15, -0.1) is 0 Å². The zero-order valence-electron chi connectivity index (χ0n) is 19.1. The third-order valence-corrected chi connectivity index (χ3v) is 6.09. The van der Waals surface area contributed by atoms with Gasteiger partial charge >= 0.3 is 11.9 Å². The molecule has 3 rings (SSSR count). The smallest absolute Gasteiger partial charge is 0.335 e. The molecule has 2 unspecified atom stereocenters. The molecule has 6 N–H and O–H groups in total. The number of nitrogens with zero attached hydrogens (tertiary/aromatic N) is 1. The first-order valence-corrected chi connectivity index (χ1v) is 11.2. The molecule has 1 saturated heterocycles. The minimum absolute atomic E-state index is 0.0900. The van der Waals surface area contributed by atoms with Crippen LogP contribution in [0.5, 0.6) is 5.75 Å². The normalized spacial score (nSPS) is 18.1. The Kier molecular flexibility index (Phi) is 10.5. The second kappa shape index (κ2) is 13.0. The fourth-order valence-corrected chi connectivity index (χ4v) is 3.93. The maximum absolute atomic E-state index is 10.6. The molecular formula is C25H33NO8. The second-order valence-electron chi connectivity index (χ2n) is 8.51. The molecule has 9 nitrogen and oxygen atoms in total. The summed E-state index contributed by atoms with van der Waals surface area (Å²) in [4.78, 5) is 21.9. The van der Waals surface area contributed by atoms with Crippen LogP contribution in [0.2, 0.25) is 0 Å². The van der Waals surface area contributed by atoms with Gasteiger partial charge in [-0.1, -0.05) is 42.5 Å². The van der Waals surface area contributed by atoms with Crippen molar-refractivity contribution in [2.45, 2.75) is 50.5 Å². The van der Waals surface area contributed by atoms with Gasteiger partial charge in [-0.2, -0.15) is 0 Å². The van der Waals surface area contributed by atoms with Crippen molar-refractivity contribution in [1.82, 2.24) is 4.90 Å². The maximum Gasteiger partial charge on any atom is 0.335 e. The molecule has 0 bridgehead atoms. The number of piperidine rings is 1. The molecule has 186 valence electrons. The Hall–Kier alpha value is -2.98. The molecule has 1 aliphatic heterocycles. The molecule has 9 heteroatoms. The van der Waals surface area contributed by atoms with Gasteiger partial charge in [-0.05, 0) is 68.5 Å². The molecule has 1 fully saturated rings. The number of aromatic hydroxyl groups is 1. The highest BCUT2D eigenvalue weighted by Crippen LogP contribution is 2.28. The van der Waals surface area contributed by atoms with E-state index in [1.54, 1.807) is 24.3 Å². The first kappa shape index (κ1) is 27.3. The Labute approximate surface area is 198 Å². The van der Waals surface area contributed by atoms with E-state index in [-0.39, 0.29) is 11.8 Å². The van der Waals surface area contributed by atoms with Gasteiger partial charge in [0.05, 0.1) is 6.10 Å². The summed E-state index contributed by atoms with van der Waals surface area (Å²) < 4.78 is 0. The number of rotatable bonds is 8. The highest BCUT2D eigenvalue weighted by atomic mass is 16.4. The van der Waals surface area contributed by atoms with E-state index < -0.39 is 30.3 Å². The van der Waals surface area contributed by atoms with Crippen LogP contribution in [0.3, 0.4) is 0 Å². The Morgan fingerprint density at radius 1 is 0.882 bits per heavy atom. The summed E-state index contributed by atoms with van der Waals surface area (Å²) in [6.45, 7) is 4.16. The zero-order valence-corrected chi connectivity index (χ0v) is 19.1. The quantitative estimate of drug-likeness (QED) is 0.334. The van der Waals surface area contributed by atoms with Gasteiger partial charge in [-0.25, -0.2) is 9.59 Å². The van der Waals surface area contributed by atoms with Crippen LogP contribution in [0.15, 0.2) is 54.6 Å². The van der Waals surface area contributed by atoms with Gasteiger partial charge in [-0.3, -0.25) is 4.90 Å². The average Bonchev–Trinajstić information content (AvgIpc) is 2.84. The van der Waals surface area contributed by atoms with Crippen LogP contribution >= 0.6 is 0 Å². The largest absolute Gasteiger partial charge is 0.508 e. The predicted octanol–water partition coefficient (Wildman–Crippen LogP) is 1.65. The molecular weight excluding hydrogens is 442 g/mol. The molecule has 2 aromatic rings. The van der Waals surface area contributed by atoms with Crippen LogP contribution < -0.4 is 0 Å². The van der Waals surface area contributed by atoms with Crippen molar-refractivity contribution in [3.05, 3.63) is 65.7 Å². The van der Waals surface area contributed by atoms with E-state index in [1.807, 2.05) is 0 Å². The van der Waals surface area contributed by atoms with E-state index in [2.05, 4.69) is 42.2 Å². The Morgan fingerprint density at radius 2 is 1.38 bits per heavy atom. The number of benzene rings is 2. The number of hydrogen-bond acceptors (Lipinski definition) is 7. The van der Waals surface area contributed by atoms with Crippen molar-refractivity contribution in [1.29, 1.82) is 0 Å². The Morgan fingerprint density at radius 3 is 1.85 bits per heavy atom. The Balaban J connectivity index is 0.000000347. The SMILES string of the molecule is CC(C(O)c1ccc(O)cc1)N1CCC(Cc2ccccc2)CC1.O=C(O)[C@H](O)[C@@H](O)C(=O)O. The van der Waals surface area contributed by atoms with Crippen molar-refractivity contribution in [2.75, 3.05) is 13.1 Å². The average molecular weight is 476 g/mol. The van der Waals surface area contributed by atoms with Crippen LogP contribution in [0.25, 0.3) is 0 Å². The van der Waals surface area contributed by atoms with Gasteiger partial charge < -0.3 is 30.6 Å². The number of likely N-dealkylation sites (tertiary alicyclic amines) is 1. The lowest BCUT2D eigenvalue weighted by atomic mass is 9.89. The summed E-state index contributed by atoms with van der Waals surface area (Å²) in [7, 11) is 0. The number of carboxylic acids is 2. The van der Waals surface area contributed by atoms with E-state index in [0.717, 1.165) is 31.0 Å². The summed E-state index contributed by atoms with van der Waals surface area (Å²) >= 11 is 0. The molecule has 0 amide bonds. The molecule has 34 heavy (non-hydrogen) atoms. The van der Waals surface area contributed by atoms with Crippen LogP contribution in [-0.2, 0) is 16.0 Å². The van der Waals surface area contributed by atoms with Crippen molar-refractivity contribution in [3.63, 3.8) is 0 Å². The summed E-state index contributed by atoms with van der Waals surface area (Å²) in [5, 5.41) is 52.5. The molecule has 1 aliphatic rings. The number of aliphatic hydroxyl groups excluding tert-OH is 3. The predicted molar refractivity (Wildman–Crippen MR) is 124 cm³/mol. The maximum atomic E-state index is 10.6. The molecule has 1 heterocycles. The summed E-state index contributed by atoms with van der Waals surface area (Å²) in [5.41, 5.74) is 2.29. The van der Waals surface area contributed by atoms with Gasteiger partial charge in [0.25, 0.3) is 0 Å². The number of carboxylic acid groups (broad SMARTS) is 2. The number of carbonyl (C=O) groups is 2. The molecule has 2 aromatic carbocycles.